The molecule has 0 saturated carbocycles. The number of benzene rings is 2. The number of anilines is 1. The Bertz CT molecular complexity index is 1260. The minimum atomic E-state index is -0.922. The number of aliphatic hydroxyl groups is 1. The molecule has 7 nitrogen and oxygen atoms in total. The van der Waals surface area contributed by atoms with Gasteiger partial charge in [-0.05, 0) is 62.9 Å². The lowest BCUT2D eigenvalue weighted by Crippen LogP contribution is -2.27. The van der Waals surface area contributed by atoms with Crippen LogP contribution < -0.4 is 11.5 Å². The molecule has 2 aromatic heterocycles. The molecule has 0 bridgehead atoms. The highest BCUT2D eigenvalue weighted by molar-refractivity contribution is 6.06. The van der Waals surface area contributed by atoms with Gasteiger partial charge in [0, 0.05) is 12.0 Å². The fourth-order valence-corrected chi connectivity index (χ4v) is 4.20. The van der Waals surface area contributed by atoms with E-state index in [-0.39, 0.29) is 0 Å². The molecule has 0 saturated heterocycles. The number of ether oxygens (including phenoxy) is 1. The van der Waals surface area contributed by atoms with Crippen molar-refractivity contribution in [3.05, 3.63) is 65.0 Å². The molecule has 7 heteroatoms. The topological polar surface area (TPSA) is 112 Å². The lowest BCUT2D eigenvalue weighted by molar-refractivity contribution is 0.0582. The number of imidazole rings is 1. The lowest BCUT2D eigenvalue weighted by Gasteiger charge is -2.20. The van der Waals surface area contributed by atoms with Crippen LogP contribution in [0.25, 0.3) is 21.9 Å². The molecule has 4 aromatic rings. The van der Waals surface area contributed by atoms with Crippen molar-refractivity contribution in [1.29, 1.82) is 0 Å². The van der Waals surface area contributed by atoms with Gasteiger partial charge in [0.1, 0.15) is 17.9 Å². The monoisotopic (exact) mass is 447 g/mol. The predicted octanol–water partition coefficient (Wildman–Crippen LogP) is 3.57. The average Bonchev–Trinajstić information content (AvgIpc) is 3.11. The van der Waals surface area contributed by atoms with Crippen molar-refractivity contribution in [1.82, 2.24) is 14.5 Å². The molecule has 0 aliphatic carbocycles. The van der Waals surface area contributed by atoms with Crippen molar-refractivity contribution < 1.29 is 9.84 Å². The summed E-state index contributed by atoms with van der Waals surface area (Å²) in [7, 11) is 0. The smallest absolute Gasteiger partial charge is 0.152 e. The van der Waals surface area contributed by atoms with Gasteiger partial charge >= 0.3 is 0 Å². The lowest BCUT2D eigenvalue weighted by atomic mass is 10.0. The van der Waals surface area contributed by atoms with Gasteiger partial charge in [0.05, 0.1) is 23.2 Å². The summed E-state index contributed by atoms with van der Waals surface area (Å²) in [6.45, 7) is 7.47. The van der Waals surface area contributed by atoms with Gasteiger partial charge in [-0.3, -0.25) is 0 Å². The van der Waals surface area contributed by atoms with Gasteiger partial charge in [-0.15, -0.1) is 0 Å². The van der Waals surface area contributed by atoms with Gasteiger partial charge in [0.2, 0.25) is 0 Å². The van der Waals surface area contributed by atoms with Crippen LogP contribution in [0.4, 0.5) is 5.82 Å². The summed E-state index contributed by atoms with van der Waals surface area (Å²) >= 11 is 0. The van der Waals surface area contributed by atoms with Crippen molar-refractivity contribution in [2.24, 2.45) is 5.73 Å². The highest BCUT2D eigenvalue weighted by atomic mass is 16.5. The van der Waals surface area contributed by atoms with Gasteiger partial charge in [-0.2, -0.15) is 0 Å². The zero-order valence-electron chi connectivity index (χ0n) is 19.6. The Morgan fingerprint density at radius 1 is 1.03 bits per heavy atom. The summed E-state index contributed by atoms with van der Waals surface area (Å²) in [5, 5.41) is 11.5. The number of rotatable bonds is 9. The normalized spacial score (nSPS) is 12.2. The van der Waals surface area contributed by atoms with E-state index < -0.39 is 5.60 Å². The third-order valence-electron chi connectivity index (χ3n) is 5.69. The molecule has 174 valence electrons. The molecule has 0 fully saturated rings. The molecule has 0 amide bonds. The Morgan fingerprint density at radius 3 is 2.39 bits per heavy atom. The van der Waals surface area contributed by atoms with Crippen molar-refractivity contribution in [2.75, 3.05) is 18.9 Å². The fraction of sp³-hybridized carbons (Fsp3) is 0.385. The molecule has 0 atom stereocenters. The van der Waals surface area contributed by atoms with E-state index in [4.69, 9.17) is 21.2 Å². The fourth-order valence-electron chi connectivity index (χ4n) is 4.20. The molecule has 0 aliphatic heterocycles. The summed E-state index contributed by atoms with van der Waals surface area (Å²) in [5.74, 6) is 1.12. The molecular weight excluding hydrogens is 414 g/mol. The molecule has 0 radical (unpaired) electrons. The van der Waals surface area contributed by atoms with E-state index in [2.05, 4.69) is 47.4 Å². The maximum atomic E-state index is 10.6. The highest BCUT2D eigenvalue weighted by Crippen LogP contribution is 2.31. The van der Waals surface area contributed by atoms with Crippen LogP contribution in [-0.2, 0) is 30.7 Å². The van der Waals surface area contributed by atoms with E-state index in [1.54, 1.807) is 13.8 Å². The van der Waals surface area contributed by atoms with Crippen molar-refractivity contribution >= 4 is 27.8 Å². The minimum Gasteiger partial charge on any atom is -0.389 e. The Balaban J connectivity index is 1.77. The quantitative estimate of drug-likeness (QED) is 0.362. The predicted molar refractivity (Wildman–Crippen MR) is 133 cm³/mol. The summed E-state index contributed by atoms with van der Waals surface area (Å²) in [6, 6.07) is 14.9. The van der Waals surface area contributed by atoms with Crippen molar-refractivity contribution in [3.8, 4) is 0 Å². The van der Waals surface area contributed by atoms with Crippen LogP contribution in [-0.4, -0.2) is 38.4 Å². The van der Waals surface area contributed by atoms with Gasteiger partial charge in [0.25, 0.3) is 0 Å². The standard InChI is InChI=1S/C26H33N5O2/c1-4-33-15-22-30-23-24(31(22)16-26(2,3)32)20-10-9-19(14-21(20)29-25(23)28)13-18-7-5-17(6-8-18)11-12-27/h5-10,14,32H,4,11-13,15-16,27H2,1-3H3,(H2,28,29). The number of aromatic nitrogens is 3. The number of fused-ring (bicyclic) bond motifs is 3. The molecule has 2 aromatic carbocycles. The van der Waals surface area contributed by atoms with E-state index in [9.17, 15) is 5.11 Å². The Labute approximate surface area is 194 Å². The number of nitrogens with zero attached hydrogens (tertiary/aromatic N) is 3. The summed E-state index contributed by atoms with van der Waals surface area (Å²) < 4.78 is 7.65. The third-order valence-corrected chi connectivity index (χ3v) is 5.69. The molecule has 0 spiro atoms. The largest absolute Gasteiger partial charge is 0.389 e. The van der Waals surface area contributed by atoms with E-state index >= 15 is 0 Å². The second-order valence-electron chi connectivity index (χ2n) is 9.14. The van der Waals surface area contributed by atoms with Crippen molar-refractivity contribution in [3.63, 3.8) is 0 Å². The highest BCUT2D eigenvalue weighted by Gasteiger charge is 2.22. The molecule has 33 heavy (non-hydrogen) atoms. The van der Waals surface area contributed by atoms with Crippen LogP contribution in [0.3, 0.4) is 0 Å². The molecule has 0 unspecified atom stereocenters. The SMILES string of the molecule is CCOCc1nc2c(N)nc3cc(Cc4ccc(CCN)cc4)ccc3c2n1CC(C)(C)O. The summed E-state index contributed by atoms with van der Waals surface area (Å²) in [6.07, 6.45) is 1.69. The number of hydrogen-bond acceptors (Lipinski definition) is 6. The second-order valence-corrected chi connectivity index (χ2v) is 9.14. The number of hydrogen-bond donors (Lipinski definition) is 3. The number of nitrogens with two attached hydrogens (primary N) is 2. The first-order valence-corrected chi connectivity index (χ1v) is 11.4. The Hall–Kier alpha value is -3.00. The van der Waals surface area contributed by atoms with E-state index in [0.29, 0.717) is 37.6 Å². The second kappa shape index (κ2) is 9.47. The molecule has 4 rings (SSSR count). The van der Waals surface area contributed by atoms with Crippen LogP contribution in [0.1, 0.15) is 43.3 Å². The van der Waals surface area contributed by atoms with Gasteiger partial charge < -0.3 is 25.9 Å². The summed E-state index contributed by atoms with van der Waals surface area (Å²) in [5.41, 5.74) is 17.1. The van der Waals surface area contributed by atoms with Gasteiger partial charge in [-0.25, -0.2) is 9.97 Å². The first kappa shape index (κ1) is 23.2. The zero-order valence-corrected chi connectivity index (χ0v) is 19.6. The van der Waals surface area contributed by atoms with Gasteiger partial charge in [-0.1, -0.05) is 36.4 Å². The number of pyridine rings is 1. The van der Waals surface area contributed by atoms with E-state index in [1.165, 1.54) is 11.1 Å². The van der Waals surface area contributed by atoms with Crippen molar-refractivity contribution in [2.45, 2.75) is 52.4 Å². The molecular formula is C26H33N5O2. The minimum absolute atomic E-state index is 0.348. The van der Waals surface area contributed by atoms with Crippen LogP contribution in [0, 0.1) is 0 Å². The maximum absolute atomic E-state index is 10.6. The first-order valence-electron chi connectivity index (χ1n) is 11.4. The van der Waals surface area contributed by atoms with Crippen LogP contribution in [0.5, 0.6) is 0 Å². The van der Waals surface area contributed by atoms with E-state index in [0.717, 1.165) is 40.6 Å². The molecule has 2 heterocycles. The zero-order chi connectivity index (χ0) is 23.6. The molecule has 0 aliphatic rings. The molecule has 5 N–H and O–H groups in total. The Kier molecular flexibility index (Phi) is 6.65. The van der Waals surface area contributed by atoms with E-state index in [1.807, 2.05) is 11.5 Å². The van der Waals surface area contributed by atoms with Gasteiger partial charge in [0.15, 0.2) is 5.82 Å². The maximum Gasteiger partial charge on any atom is 0.152 e. The Morgan fingerprint density at radius 2 is 1.73 bits per heavy atom. The third kappa shape index (κ3) is 5.16. The summed E-state index contributed by atoms with van der Waals surface area (Å²) in [4.78, 5) is 9.39. The number of nitrogen functional groups attached to an aromatic ring is 1. The van der Waals surface area contributed by atoms with Crippen LogP contribution in [0.2, 0.25) is 0 Å². The van der Waals surface area contributed by atoms with Crippen LogP contribution >= 0.6 is 0 Å². The first-order chi connectivity index (χ1) is 15.8. The van der Waals surface area contributed by atoms with Crippen LogP contribution in [0.15, 0.2) is 42.5 Å². The average molecular weight is 448 g/mol.